The lowest BCUT2D eigenvalue weighted by molar-refractivity contribution is -0.134. The van der Waals surface area contributed by atoms with Gasteiger partial charge in [0.15, 0.2) is 9.84 Å². The van der Waals surface area contributed by atoms with Gasteiger partial charge in [-0.15, -0.1) is 0 Å². The van der Waals surface area contributed by atoms with Crippen molar-refractivity contribution in [3.63, 3.8) is 0 Å². The van der Waals surface area contributed by atoms with Crippen LogP contribution in [-0.2, 0) is 14.6 Å². The van der Waals surface area contributed by atoms with Crippen LogP contribution < -0.4 is 0 Å². The Morgan fingerprint density at radius 2 is 2.00 bits per heavy atom. The molecule has 0 bridgehead atoms. The number of aliphatic hydroxyl groups excluding tert-OH is 1. The van der Waals surface area contributed by atoms with E-state index in [0.29, 0.717) is 19.5 Å². The number of benzene rings is 1. The summed E-state index contributed by atoms with van der Waals surface area (Å²) in [4.78, 5) is 14.0. The van der Waals surface area contributed by atoms with Crippen LogP contribution >= 0.6 is 0 Å². The van der Waals surface area contributed by atoms with Crippen LogP contribution in [0.15, 0.2) is 35.2 Å². The standard InChI is InChI=1S/C15H21NO4S/c1-12-11-16(9-7-14(12)17)15(18)8-10-21(19,20)13-5-3-2-4-6-13/h2-6,12,14,17H,7-11H2,1H3. The van der Waals surface area contributed by atoms with Crippen LogP contribution in [0.25, 0.3) is 0 Å². The summed E-state index contributed by atoms with van der Waals surface area (Å²) in [5, 5.41) is 9.65. The Kier molecular flexibility index (Phi) is 5.00. The lowest BCUT2D eigenvalue weighted by atomic mass is 9.96. The zero-order chi connectivity index (χ0) is 15.5. The summed E-state index contributed by atoms with van der Waals surface area (Å²) in [5.41, 5.74) is 0. The van der Waals surface area contributed by atoms with Gasteiger partial charge in [-0.25, -0.2) is 8.42 Å². The normalized spacial score (nSPS) is 23.0. The number of aliphatic hydroxyl groups is 1. The maximum Gasteiger partial charge on any atom is 0.223 e. The minimum Gasteiger partial charge on any atom is -0.393 e. The number of carbonyl (C=O) groups excluding carboxylic acids is 1. The zero-order valence-electron chi connectivity index (χ0n) is 12.1. The molecule has 0 aliphatic carbocycles. The van der Waals surface area contributed by atoms with Gasteiger partial charge in [0.1, 0.15) is 0 Å². The number of hydrogen-bond acceptors (Lipinski definition) is 4. The third-order valence-corrected chi connectivity index (χ3v) is 5.63. The van der Waals surface area contributed by atoms with Crippen LogP contribution in [0.2, 0.25) is 0 Å². The minimum atomic E-state index is -3.42. The molecule has 116 valence electrons. The molecule has 6 heteroatoms. The Morgan fingerprint density at radius 3 is 2.62 bits per heavy atom. The van der Waals surface area contributed by atoms with E-state index in [1.165, 1.54) is 0 Å². The maximum absolute atomic E-state index is 12.1. The van der Waals surface area contributed by atoms with Gasteiger partial charge in [-0.2, -0.15) is 0 Å². The van der Waals surface area contributed by atoms with Crippen molar-refractivity contribution in [3.8, 4) is 0 Å². The van der Waals surface area contributed by atoms with Crippen LogP contribution in [0.3, 0.4) is 0 Å². The van der Waals surface area contributed by atoms with Crippen molar-refractivity contribution in [2.45, 2.75) is 30.8 Å². The van der Waals surface area contributed by atoms with Crippen LogP contribution in [0, 0.1) is 5.92 Å². The number of amides is 1. The topological polar surface area (TPSA) is 74.7 Å². The molecule has 1 saturated heterocycles. The molecule has 1 aromatic carbocycles. The highest BCUT2D eigenvalue weighted by atomic mass is 32.2. The van der Waals surface area contributed by atoms with Gasteiger partial charge < -0.3 is 10.0 Å². The van der Waals surface area contributed by atoms with Gasteiger partial charge in [0.25, 0.3) is 0 Å². The first-order valence-corrected chi connectivity index (χ1v) is 8.79. The molecule has 1 aromatic rings. The molecule has 2 atom stereocenters. The third kappa shape index (κ3) is 4.04. The van der Waals surface area contributed by atoms with Crippen molar-refractivity contribution in [1.82, 2.24) is 4.90 Å². The smallest absolute Gasteiger partial charge is 0.223 e. The second-order valence-corrected chi connectivity index (χ2v) is 7.66. The fourth-order valence-corrected chi connectivity index (χ4v) is 3.74. The first-order chi connectivity index (χ1) is 9.90. The average Bonchev–Trinajstić information content (AvgIpc) is 2.48. The van der Waals surface area contributed by atoms with E-state index in [4.69, 9.17) is 0 Å². The van der Waals surface area contributed by atoms with E-state index in [2.05, 4.69) is 0 Å². The number of piperidine rings is 1. The number of rotatable bonds is 4. The molecule has 2 unspecified atom stereocenters. The summed E-state index contributed by atoms with van der Waals surface area (Å²) in [6.45, 7) is 2.88. The van der Waals surface area contributed by atoms with Crippen LogP contribution in [-0.4, -0.2) is 49.3 Å². The fourth-order valence-electron chi connectivity index (χ4n) is 2.49. The van der Waals surface area contributed by atoms with Crippen molar-refractivity contribution in [2.75, 3.05) is 18.8 Å². The van der Waals surface area contributed by atoms with E-state index in [1.807, 2.05) is 6.92 Å². The van der Waals surface area contributed by atoms with E-state index in [0.717, 1.165) is 0 Å². The van der Waals surface area contributed by atoms with E-state index in [1.54, 1.807) is 35.2 Å². The lowest BCUT2D eigenvalue weighted by Gasteiger charge is -2.34. The van der Waals surface area contributed by atoms with Gasteiger partial charge in [-0.3, -0.25) is 4.79 Å². The highest BCUT2D eigenvalue weighted by Gasteiger charge is 2.27. The molecule has 21 heavy (non-hydrogen) atoms. The summed E-state index contributed by atoms with van der Waals surface area (Å²) in [7, 11) is -3.42. The Labute approximate surface area is 125 Å². The van der Waals surface area contributed by atoms with E-state index >= 15 is 0 Å². The van der Waals surface area contributed by atoms with Gasteiger partial charge >= 0.3 is 0 Å². The Bertz CT molecular complexity index is 585. The monoisotopic (exact) mass is 311 g/mol. The second-order valence-electron chi connectivity index (χ2n) is 5.55. The number of carbonyl (C=O) groups is 1. The van der Waals surface area contributed by atoms with Crippen LogP contribution in [0.4, 0.5) is 0 Å². The van der Waals surface area contributed by atoms with Gasteiger partial charge in [0, 0.05) is 19.5 Å². The zero-order valence-corrected chi connectivity index (χ0v) is 12.9. The van der Waals surface area contributed by atoms with E-state index in [9.17, 15) is 18.3 Å². The van der Waals surface area contributed by atoms with Crippen molar-refractivity contribution >= 4 is 15.7 Å². The van der Waals surface area contributed by atoms with Crippen molar-refractivity contribution in [3.05, 3.63) is 30.3 Å². The number of hydrogen-bond donors (Lipinski definition) is 1. The number of nitrogens with zero attached hydrogens (tertiary/aromatic N) is 1. The molecule has 1 N–H and O–H groups in total. The molecule has 1 heterocycles. The lowest BCUT2D eigenvalue weighted by Crippen LogP contribution is -2.45. The molecule has 2 rings (SSSR count). The molecule has 5 nitrogen and oxygen atoms in total. The molecular formula is C15H21NO4S. The predicted octanol–water partition coefficient (Wildman–Crippen LogP) is 1.08. The summed E-state index contributed by atoms with van der Waals surface area (Å²) in [5.74, 6) is -0.301. The van der Waals surface area contributed by atoms with Crippen molar-refractivity contribution in [2.24, 2.45) is 5.92 Å². The summed E-state index contributed by atoms with van der Waals surface area (Å²) in [6.07, 6.45) is 0.167. The third-order valence-electron chi connectivity index (χ3n) is 3.90. The van der Waals surface area contributed by atoms with Gasteiger partial charge in [-0.1, -0.05) is 25.1 Å². The first kappa shape index (κ1) is 16.0. The summed E-state index contributed by atoms with van der Waals surface area (Å²) >= 11 is 0. The van der Waals surface area contributed by atoms with Gasteiger partial charge in [0.05, 0.1) is 16.8 Å². The molecule has 1 amide bonds. The van der Waals surface area contributed by atoms with E-state index < -0.39 is 9.84 Å². The molecule has 1 aliphatic heterocycles. The van der Waals surface area contributed by atoms with Crippen molar-refractivity contribution in [1.29, 1.82) is 0 Å². The largest absolute Gasteiger partial charge is 0.393 e. The molecule has 0 aromatic heterocycles. The van der Waals surface area contributed by atoms with Crippen molar-refractivity contribution < 1.29 is 18.3 Å². The molecule has 1 aliphatic rings. The predicted molar refractivity (Wildman–Crippen MR) is 79.5 cm³/mol. The van der Waals surface area contributed by atoms with E-state index in [-0.39, 0.29) is 35.0 Å². The Balaban J connectivity index is 1.92. The fraction of sp³-hybridized carbons (Fsp3) is 0.533. The molecular weight excluding hydrogens is 290 g/mol. The highest BCUT2D eigenvalue weighted by Crippen LogP contribution is 2.18. The quantitative estimate of drug-likeness (QED) is 0.903. The maximum atomic E-state index is 12.1. The molecule has 0 spiro atoms. The SMILES string of the molecule is CC1CN(C(=O)CCS(=O)(=O)c2ccccc2)CCC1O. The summed E-state index contributed by atoms with van der Waals surface area (Å²) < 4.78 is 24.3. The number of sulfone groups is 1. The van der Waals surface area contributed by atoms with Gasteiger partial charge in [-0.05, 0) is 24.5 Å². The second kappa shape index (κ2) is 6.58. The minimum absolute atomic E-state index is 0.0138. The van der Waals surface area contributed by atoms with Gasteiger partial charge in [0.2, 0.25) is 5.91 Å². The Morgan fingerprint density at radius 1 is 1.33 bits per heavy atom. The summed E-state index contributed by atoms with van der Waals surface area (Å²) in [6, 6.07) is 8.17. The molecule has 0 radical (unpaired) electrons. The van der Waals surface area contributed by atoms with Crippen LogP contribution in [0.1, 0.15) is 19.8 Å². The van der Waals surface area contributed by atoms with Crippen LogP contribution in [0.5, 0.6) is 0 Å². The highest BCUT2D eigenvalue weighted by molar-refractivity contribution is 7.91. The number of likely N-dealkylation sites (tertiary alicyclic amines) is 1. The molecule has 0 saturated carbocycles. The Hall–Kier alpha value is -1.40. The average molecular weight is 311 g/mol. The first-order valence-electron chi connectivity index (χ1n) is 7.14. The molecule has 1 fully saturated rings.